The maximum atomic E-state index is 11.7. The Labute approximate surface area is 101 Å². The lowest BCUT2D eigenvalue weighted by atomic mass is 10.2. The monoisotopic (exact) mass is 264 g/mol. The zero-order valence-electron chi connectivity index (χ0n) is 9.49. The van der Waals surface area contributed by atoms with Crippen molar-refractivity contribution in [2.24, 2.45) is 0 Å². The maximum absolute atomic E-state index is 11.7. The van der Waals surface area contributed by atoms with Crippen LogP contribution >= 0.6 is 0 Å². The minimum Gasteiger partial charge on any atom is -0.497 e. The Morgan fingerprint density at radius 2 is 2.00 bits per heavy atom. The van der Waals surface area contributed by atoms with Gasteiger partial charge in [-0.15, -0.1) is 13.2 Å². The van der Waals surface area contributed by atoms with E-state index >= 15 is 0 Å². The minimum absolute atomic E-state index is 0.148. The van der Waals surface area contributed by atoms with Gasteiger partial charge in [-0.3, -0.25) is 9.53 Å². The minimum atomic E-state index is -4.69. The van der Waals surface area contributed by atoms with E-state index in [9.17, 15) is 18.0 Å². The second kappa shape index (κ2) is 6.25. The third-order valence-electron chi connectivity index (χ3n) is 1.95. The number of hydrogen-bond acceptors (Lipinski definition) is 4. The van der Waals surface area contributed by atoms with Crippen LogP contribution in [0.15, 0.2) is 18.2 Å². The molecular formula is C11H11F3O4. The summed E-state index contributed by atoms with van der Waals surface area (Å²) in [6.45, 7) is -0.980. The van der Waals surface area contributed by atoms with Crippen molar-refractivity contribution in [1.82, 2.24) is 0 Å². The lowest BCUT2D eigenvalue weighted by molar-refractivity contribution is -0.325. The lowest BCUT2D eigenvalue weighted by Crippen LogP contribution is -2.18. The molecule has 1 aromatic rings. The molecule has 0 spiro atoms. The second-order valence-electron chi connectivity index (χ2n) is 3.16. The highest BCUT2D eigenvalue weighted by molar-refractivity contribution is 5.79. The molecule has 0 radical (unpaired) electrons. The fraction of sp³-hybridized carbons (Fsp3) is 0.364. The molecule has 0 amide bonds. The molecule has 7 heteroatoms. The molecule has 1 aromatic carbocycles. The highest BCUT2D eigenvalue weighted by Gasteiger charge is 2.28. The third-order valence-corrected chi connectivity index (χ3v) is 1.95. The maximum Gasteiger partial charge on any atom is 0.522 e. The van der Waals surface area contributed by atoms with Crippen LogP contribution in [0.3, 0.4) is 0 Å². The van der Waals surface area contributed by atoms with Gasteiger partial charge in [-0.1, -0.05) is 0 Å². The predicted molar refractivity (Wildman–Crippen MR) is 55.9 cm³/mol. The Kier molecular flexibility index (Phi) is 4.96. The smallest absolute Gasteiger partial charge is 0.497 e. The van der Waals surface area contributed by atoms with E-state index < -0.39 is 13.0 Å². The standard InChI is InChI=1S/C11H11F3O4/c1-16-9-3-2-8(7-15)10(6-9)17-4-5-18-11(12,13)14/h2-3,6-7H,4-5H2,1H3. The molecule has 18 heavy (non-hydrogen) atoms. The summed E-state index contributed by atoms with van der Waals surface area (Å²) < 4.78 is 48.5. The van der Waals surface area contributed by atoms with Gasteiger partial charge in [-0.25, -0.2) is 0 Å². The molecule has 0 atom stereocenters. The van der Waals surface area contributed by atoms with E-state index in [0.717, 1.165) is 0 Å². The van der Waals surface area contributed by atoms with Crippen molar-refractivity contribution in [1.29, 1.82) is 0 Å². The summed E-state index contributed by atoms with van der Waals surface area (Å²) in [5.41, 5.74) is 0.225. The average molecular weight is 264 g/mol. The molecule has 100 valence electrons. The number of aldehydes is 1. The van der Waals surface area contributed by atoms with Crippen LogP contribution < -0.4 is 9.47 Å². The van der Waals surface area contributed by atoms with E-state index in [-0.39, 0.29) is 17.9 Å². The molecule has 0 aromatic heterocycles. The van der Waals surface area contributed by atoms with E-state index in [1.807, 2.05) is 0 Å². The highest BCUT2D eigenvalue weighted by atomic mass is 19.4. The number of ether oxygens (including phenoxy) is 3. The first kappa shape index (κ1) is 14.3. The Hall–Kier alpha value is -1.76. The molecule has 0 aliphatic carbocycles. The number of rotatable bonds is 6. The molecule has 0 fully saturated rings. The van der Waals surface area contributed by atoms with Crippen molar-refractivity contribution in [3.05, 3.63) is 23.8 Å². The first-order valence-electron chi connectivity index (χ1n) is 4.93. The summed E-state index contributed by atoms with van der Waals surface area (Å²) in [6, 6.07) is 4.41. The lowest BCUT2D eigenvalue weighted by Gasteiger charge is -2.11. The van der Waals surface area contributed by atoms with Crippen molar-refractivity contribution >= 4 is 6.29 Å². The van der Waals surface area contributed by atoms with Crippen LogP contribution in [-0.2, 0) is 4.74 Å². The van der Waals surface area contributed by atoms with Crippen molar-refractivity contribution in [3.63, 3.8) is 0 Å². The molecule has 4 nitrogen and oxygen atoms in total. The van der Waals surface area contributed by atoms with Gasteiger partial charge in [-0.2, -0.15) is 0 Å². The van der Waals surface area contributed by atoms with Gasteiger partial charge in [0.25, 0.3) is 0 Å². The van der Waals surface area contributed by atoms with Gasteiger partial charge < -0.3 is 9.47 Å². The largest absolute Gasteiger partial charge is 0.522 e. The van der Waals surface area contributed by atoms with Gasteiger partial charge in [0, 0.05) is 6.07 Å². The topological polar surface area (TPSA) is 44.8 Å². The number of halogens is 3. The highest BCUT2D eigenvalue weighted by Crippen LogP contribution is 2.23. The quantitative estimate of drug-likeness (QED) is 0.584. The zero-order valence-corrected chi connectivity index (χ0v) is 9.49. The van der Waals surface area contributed by atoms with Crippen LogP contribution in [0, 0.1) is 0 Å². The molecule has 0 saturated heterocycles. The Bertz CT molecular complexity index is 404. The first-order valence-corrected chi connectivity index (χ1v) is 4.93. The number of methoxy groups -OCH3 is 1. The summed E-state index contributed by atoms with van der Waals surface area (Å²) in [4.78, 5) is 10.7. The van der Waals surface area contributed by atoms with Crippen LogP contribution in [0.25, 0.3) is 0 Å². The second-order valence-corrected chi connectivity index (χ2v) is 3.16. The number of hydrogen-bond donors (Lipinski definition) is 0. The van der Waals surface area contributed by atoms with Crippen molar-refractivity contribution < 1.29 is 32.2 Å². The van der Waals surface area contributed by atoms with Crippen LogP contribution in [0.1, 0.15) is 10.4 Å². The molecule has 0 N–H and O–H groups in total. The van der Waals surface area contributed by atoms with Gasteiger partial charge >= 0.3 is 6.36 Å². The van der Waals surface area contributed by atoms with Crippen molar-refractivity contribution in [2.45, 2.75) is 6.36 Å². The fourth-order valence-corrected chi connectivity index (χ4v) is 1.17. The predicted octanol–water partition coefficient (Wildman–Crippen LogP) is 2.42. The van der Waals surface area contributed by atoms with Gasteiger partial charge in [0.2, 0.25) is 0 Å². The zero-order chi connectivity index (χ0) is 13.6. The van der Waals surface area contributed by atoms with E-state index in [1.54, 1.807) is 6.07 Å². The van der Waals surface area contributed by atoms with Gasteiger partial charge in [-0.05, 0) is 12.1 Å². The Balaban J connectivity index is 2.57. The van der Waals surface area contributed by atoms with Crippen LogP contribution in [-0.4, -0.2) is 33.0 Å². The molecule has 0 aliphatic rings. The van der Waals surface area contributed by atoms with E-state index in [4.69, 9.17) is 9.47 Å². The molecule has 0 saturated carbocycles. The summed E-state index contributed by atoms with van der Waals surface area (Å²) >= 11 is 0. The van der Waals surface area contributed by atoms with Gasteiger partial charge in [0.15, 0.2) is 6.29 Å². The van der Waals surface area contributed by atoms with E-state index in [1.165, 1.54) is 19.2 Å². The molecule has 0 unspecified atom stereocenters. The Morgan fingerprint density at radius 3 is 2.56 bits per heavy atom. The molecular weight excluding hydrogens is 253 g/mol. The summed E-state index contributed by atoms with van der Waals surface area (Å²) in [7, 11) is 1.42. The molecule has 0 heterocycles. The number of alkyl halides is 3. The molecule has 0 aliphatic heterocycles. The summed E-state index contributed by atoms with van der Waals surface area (Å²) in [5.74, 6) is 0.586. The average Bonchev–Trinajstić information content (AvgIpc) is 2.33. The van der Waals surface area contributed by atoms with E-state index in [0.29, 0.717) is 12.0 Å². The molecule has 0 bridgehead atoms. The van der Waals surface area contributed by atoms with Gasteiger partial charge in [0.1, 0.15) is 18.1 Å². The van der Waals surface area contributed by atoms with Crippen LogP contribution in [0.5, 0.6) is 11.5 Å². The van der Waals surface area contributed by atoms with Crippen LogP contribution in [0.2, 0.25) is 0 Å². The van der Waals surface area contributed by atoms with Crippen molar-refractivity contribution in [3.8, 4) is 11.5 Å². The fourth-order valence-electron chi connectivity index (χ4n) is 1.17. The first-order chi connectivity index (χ1) is 8.46. The number of benzene rings is 1. The summed E-state index contributed by atoms with van der Waals surface area (Å²) in [5, 5.41) is 0. The third kappa shape index (κ3) is 4.62. The van der Waals surface area contributed by atoms with Gasteiger partial charge in [0.05, 0.1) is 19.3 Å². The summed E-state index contributed by atoms with van der Waals surface area (Å²) in [6.07, 6.45) is -4.15. The SMILES string of the molecule is COc1ccc(C=O)c(OCCOC(F)(F)F)c1. The van der Waals surface area contributed by atoms with E-state index in [2.05, 4.69) is 4.74 Å². The van der Waals surface area contributed by atoms with Crippen LogP contribution in [0.4, 0.5) is 13.2 Å². The normalized spacial score (nSPS) is 11.1. The number of carbonyl (C=O) groups excluding carboxylic acids is 1. The Morgan fingerprint density at radius 1 is 1.28 bits per heavy atom. The number of carbonyl (C=O) groups is 1. The van der Waals surface area contributed by atoms with Crippen molar-refractivity contribution in [2.75, 3.05) is 20.3 Å². The molecule has 1 rings (SSSR count).